The van der Waals surface area contributed by atoms with Crippen LogP contribution in [0.1, 0.15) is 31.4 Å². The molecule has 2 rings (SSSR count). The first-order valence-corrected chi connectivity index (χ1v) is 6.18. The lowest BCUT2D eigenvalue weighted by Gasteiger charge is -2.19. The van der Waals surface area contributed by atoms with E-state index >= 15 is 0 Å². The van der Waals surface area contributed by atoms with Crippen LogP contribution in [0, 0.1) is 5.92 Å². The second-order valence-corrected chi connectivity index (χ2v) is 5.14. The molecule has 1 aliphatic carbocycles. The number of halogens is 1. The van der Waals surface area contributed by atoms with Crippen LogP contribution < -0.4 is 5.32 Å². The summed E-state index contributed by atoms with van der Waals surface area (Å²) in [7, 11) is 0. The van der Waals surface area contributed by atoms with E-state index < -0.39 is 0 Å². The predicted molar refractivity (Wildman–Crippen MR) is 69.7 cm³/mol. The van der Waals surface area contributed by atoms with Gasteiger partial charge in [0.25, 0.3) is 0 Å². The van der Waals surface area contributed by atoms with E-state index in [0.29, 0.717) is 6.04 Å². The minimum atomic E-state index is 0.467. The van der Waals surface area contributed by atoms with Gasteiger partial charge in [-0.05, 0) is 43.4 Å². The molecule has 0 aliphatic heterocycles. The molecule has 0 radical (unpaired) electrons. The molecule has 1 saturated carbocycles. The molecule has 1 aliphatic rings. The molecule has 16 heavy (non-hydrogen) atoms. The molecule has 1 aromatic rings. The summed E-state index contributed by atoms with van der Waals surface area (Å²) in [6.45, 7) is 6.88. The van der Waals surface area contributed by atoms with E-state index in [2.05, 4.69) is 31.0 Å². The molecule has 2 heteroatoms. The van der Waals surface area contributed by atoms with Crippen molar-refractivity contribution in [3.63, 3.8) is 0 Å². The lowest BCUT2D eigenvalue weighted by Crippen LogP contribution is -2.24. The van der Waals surface area contributed by atoms with Crippen LogP contribution in [-0.2, 0) is 0 Å². The van der Waals surface area contributed by atoms with Crippen molar-refractivity contribution >= 4 is 11.6 Å². The fraction of sp³-hybridized carbons (Fsp3) is 0.429. The van der Waals surface area contributed by atoms with E-state index in [-0.39, 0.29) is 0 Å². The molecule has 0 spiro atoms. The minimum Gasteiger partial charge on any atom is -0.306 e. The molecule has 0 aromatic heterocycles. The number of rotatable bonds is 5. The van der Waals surface area contributed by atoms with Crippen molar-refractivity contribution in [2.75, 3.05) is 6.54 Å². The summed E-state index contributed by atoms with van der Waals surface area (Å²) in [5.41, 5.74) is 2.52. The molecule has 1 atom stereocenters. The van der Waals surface area contributed by atoms with Gasteiger partial charge in [0.15, 0.2) is 0 Å². The van der Waals surface area contributed by atoms with Crippen LogP contribution in [0.2, 0.25) is 5.02 Å². The Kier molecular flexibility index (Phi) is 3.67. The maximum Gasteiger partial charge on any atom is 0.0406 e. The third kappa shape index (κ3) is 3.10. The number of hydrogen-bond donors (Lipinski definition) is 1. The number of nitrogens with one attached hydrogen (secondary N) is 1. The van der Waals surface area contributed by atoms with Crippen LogP contribution >= 0.6 is 11.6 Å². The summed E-state index contributed by atoms with van der Waals surface area (Å²) in [5.74, 6) is 0.792. The van der Waals surface area contributed by atoms with Gasteiger partial charge in [-0.1, -0.05) is 35.9 Å². The van der Waals surface area contributed by atoms with Gasteiger partial charge in [0.1, 0.15) is 0 Å². The van der Waals surface area contributed by atoms with Crippen molar-refractivity contribution in [3.05, 3.63) is 47.0 Å². The van der Waals surface area contributed by atoms with E-state index in [1.54, 1.807) is 0 Å². The number of benzene rings is 1. The smallest absolute Gasteiger partial charge is 0.0406 e. The Morgan fingerprint density at radius 2 is 2.06 bits per heavy atom. The Bertz CT molecular complexity index is 365. The van der Waals surface area contributed by atoms with Gasteiger partial charge in [0.05, 0.1) is 0 Å². The molecule has 1 N–H and O–H groups in total. The Hall–Kier alpha value is -0.790. The lowest BCUT2D eigenvalue weighted by molar-refractivity contribution is 0.502. The highest BCUT2D eigenvalue weighted by Gasteiger charge is 2.31. The number of hydrogen-bond acceptors (Lipinski definition) is 1. The second-order valence-electron chi connectivity index (χ2n) is 4.70. The molecule has 0 saturated heterocycles. The van der Waals surface area contributed by atoms with Crippen LogP contribution in [0.4, 0.5) is 0 Å². The largest absolute Gasteiger partial charge is 0.306 e. The van der Waals surface area contributed by atoms with Gasteiger partial charge in [-0.15, -0.1) is 0 Å². The summed E-state index contributed by atoms with van der Waals surface area (Å²) in [6, 6.07) is 8.64. The van der Waals surface area contributed by atoms with Gasteiger partial charge in [-0.2, -0.15) is 0 Å². The predicted octanol–water partition coefficient (Wildman–Crippen LogP) is 3.96. The molecule has 0 heterocycles. The van der Waals surface area contributed by atoms with Crippen molar-refractivity contribution in [1.82, 2.24) is 5.32 Å². The van der Waals surface area contributed by atoms with Gasteiger partial charge in [-0.25, -0.2) is 0 Å². The van der Waals surface area contributed by atoms with Gasteiger partial charge in [0, 0.05) is 17.6 Å². The molecule has 1 unspecified atom stereocenters. The van der Waals surface area contributed by atoms with E-state index in [9.17, 15) is 0 Å². The highest BCUT2D eigenvalue weighted by molar-refractivity contribution is 6.30. The van der Waals surface area contributed by atoms with E-state index in [4.69, 9.17) is 11.6 Å². The Morgan fingerprint density at radius 3 is 2.56 bits per heavy atom. The van der Waals surface area contributed by atoms with Crippen LogP contribution in [0.25, 0.3) is 0 Å². The summed E-state index contributed by atoms with van der Waals surface area (Å²) < 4.78 is 0. The van der Waals surface area contributed by atoms with Crippen molar-refractivity contribution in [2.24, 2.45) is 5.92 Å². The van der Waals surface area contributed by atoms with Crippen molar-refractivity contribution in [2.45, 2.75) is 25.8 Å². The molecular weight excluding hydrogens is 218 g/mol. The Morgan fingerprint density at radius 1 is 1.44 bits per heavy atom. The van der Waals surface area contributed by atoms with E-state index in [0.717, 1.165) is 17.5 Å². The lowest BCUT2D eigenvalue weighted by atomic mass is 10.0. The SMILES string of the molecule is C=C(C)CNC(c1ccc(Cl)cc1)C1CC1. The average Bonchev–Trinajstić information content (AvgIpc) is 3.04. The van der Waals surface area contributed by atoms with Crippen LogP contribution in [0.5, 0.6) is 0 Å². The fourth-order valence-corrected chi connectivity index (χ4v) is 2.07. The van der Waals surface area contributed by atoms with Gasteiger partial charge >= 0.3 is 0 Å². The highest BCUT2D eigenvalue weighted by atomic mass is 35.5. The average molecular weight is 236 g/mol. The quantitative estimate of drug-likeness (QED) is 0.762. The minimum absolute atomic E-state index is 0.467. The summed E-state index contributed by atoms with van der Waals surface area (Å²) in [6.07, 6.45) is 2.66. The molecule has 1 fully saturated rings. The van der Waals surface area contributed by atoms with E-state index in [1.165, 1.54) is 24.0 Å². The van der Waals surface area contributed by atoms with Gasteiger partial charge in [-0.3, -0.25) is 0 Å². The first kappa shape index (κ1) is 11.7. The normalized spacial score (nSPS) is 17.1. The molecule has 0 amide bonds. The highest BCUT2D eigenvalue weighted by Crippen LogP contribution is 2.41. The zero-order valence-electron chi connectivity index (χ0n) is 9.67. The standard InChI is InChI=1S/C14H18ClN/c1-10(2)9-16-14(11-3-4-11)12-5-7-13(15)8-6-12/h5-8,11,14,16H,1,3-4,9H2,2H3. The van der Waals surface area contributed by atoms with E-state index in [1.807, 2.05) is 12.1 Å². The van der Waals surface area contributed by atoms with Crippen LogP contribution in [0.15, 0.2) is 36.4 Å². The van der Waals surface area contributed by atoms with Crippen molar-refractivity contribution in [1.29, 1.82) is 0 Å². The Balaban J connectivity index is 2.06. The zero-order valence-corrected chi connectivity index (χ0v) is 10.4. The molecule has 1 aromatic carbocycles. The first-order chi connectivity index (χ1) is 7.66. The van der Waals surface area contributed by atoms with Crippen molar-refractivity contribution in [3.8, 4) is 0 Å². The fourth-order valence-electron chi connectivity index (χ4n) is 1.94. The zero-order chi connectivity index (χ0) is 11.5. The monoisotopic (exact) mass is 235 g/mol. The van der Waals surface area contributed by atoms with Gasteiger partial charge in [0.2, 0.25) is 0 Å². The van der Waals surface area contributed by atoms with Crippen LogP contribution in [-0.4, -0.2) is 6.54 Å². The first-order valence-electron chi connectivity index (χ1n) is 5.80. The topological polar surface area (TPSA) is 12.0 Å². The molecule has 0 bridgehead atoms. The third-order valence-corrected chi connectivity index (χ3v) is 3.20. The maximum atomic E-state index is 5.90. The Labute approximate surface area is 103 Å². The summed E-state index contributed by atoms with van der Waals surface area (Å²) in [4.78, 5) is 0. The maximum absolute atomic E-state index is 5.90. The van der Waals surface area contributed by atoms with Crippen molar-refractivity contribution < 1.29 is 0 Å². The van der Waals surface area contributed by atoms with Gasteiger partial charge < -0.3 is 5.32 Å². The second kappa shape index (κ2) is 5.03. The summed E-state index contributed by atoms with van der Waals surface area (Å²) >= 11 is 5.90. The molecule has 1 nitrogen and oxygen atoms in total. The molecular formula is C14H18ClN. The van der Waals surface area contributed by atoms with Crippen LogP contribution in [0.3, 0.4) is 0 Å². The molecule has 86 valence electrons. The third-order valence-electron chi connectivity index (χ3n) is 2.95. The summed E-state index contributed by atoms with van der Waals surface area (Å²) in [5, 5.41) is 4.38.